The molecule has 1 aliphatic carbocycles. The van der Waals surface area contributed by atoms with Crippen LogP contribution in [-0.4, -0.2) is 24.0 Å². The molecule has 0 aliphatic heterocycles. The molecule has 1 atom stereocenters. The summed E-state index contributed by atoms with van der Waals surface area (Å²) in [6.45, 7) is 1.62. The van der Waals surface area contributed by atoms with Gasteiger partial charge in [0.15, 0.2) is 6.04 Å². The molecule has 0 radical (unpaired) electrons. The first kappa shape index (κ1) is 15.4. The number of halogens is 4. The Hall–Kier alpha value is -1.04. The zero-order chi connectivity index (χ0) is 15.1. The smallest absolute Gasteiger partial charge is 0.330 e. The van der Waals surface area contributed by atoms with Gasteiger partial charge in [-0.1, -0.05) is 22.0 Å². The molecule has 0 unspecified atom stereocenters. The second kappa shape index (κ2) is 5.39. The average molecular weight is 350 g/mol. The Kier molecular flexibility index (Phi) is 4.14. The van der Waals surface area contributed by atoms with Crippen molar-refractivity contribution in [1.82, 2.24) is 4.90 Å². The van der Waals surface area contributed by atoms with Crippen LogP contribution in [0.2, 0.25) is 0 Å². The minimum atomic E-state index is -4.49. The maximum atomic E-state index is 13.4. The molecule has 0 aromatic heterocycles. The van der Waals surface area contributed by atoms with E-state index >= 15 is 0 Å². The van der Waals surface area contributed by atoms with Crippen LogP contribution < -0.4 is 0 Å². The zero-order valence-corrected chi connectivity index (χ0v) is 12.8. The standard InChI is InChI=1S/C14H15BrF3NO/c1-8-7-10(15)5-6-11(8)12(14(16,17)18)19(2)13(20)9-3-4-9/h5-7,9,12H,3-4H2,1-2H3/t12-/m0/s1. The van der Waals surface area contributed by atoms with Crippen molar-refractivity contribution in [3.8, 4) is 0 Å². The van der Waals surface area contributed by atoms with Gasteiger partial charge in [0.05, 0.1) is 0 Å². The third kappa shape index (κ3) is 3.16. The maximum absolute atomic E-state index is 13.4. The van der Waals surface area contributed by atoms with Gasteiger partial charge in [0.25, 0.3) is 0 Å². The normalized spacial score (nSPS) is 16.9. The number of hydrogen-bond donors (Lipinski definition) is 0. The van der Waals surface area contributed by atoms with Crippen LogP contribution in [0.15, 0.2) is 22.7 Å². The quantitative estimate of drug-likeness (QED) is 0.799. The number of carbonyl (C=O) groups is 1. The number of carbonyl (C=O) groups excluding carboxylic acids is 1. The number of amides is 1. The fourth-order valence-electron chi connectivity index (χ4n) is 2.30. The molecule has 1 fully saturated rings. The van der Waals surface area contributed by atoms with Gasteiger partial charge in [-0.3, -0.25) is 4.79 Å². The fourth-order valence-corrected chi connectivity index (χ4v) is 2.77. The van der Waals surface area contributed by atoms with Gasteiger partial charge in [0.2, 0.25) is 5.91 Å². The number of rotatable bonds is 3. The number of alkyl halides is 3. The highest BCUT2D eigenvalue weighted by Crippen LogP contribution is 2.41. The Morgan fingerprint density at radius 1 is 1.40 bits per heavy atom. The van der Waals surface area contributed by atoms with Gasteiger partial charge in [0.1, 0.15) is 0 Å². The first-order valence-corrected chi connectivity index (χ1v) is 7.10. The van der Waals surface area contributed by atoms with E-state index in [1.165, 1.54) is 13.1 Å². The van der Waals surface area contributed by atoms with E-state index in [0.29, 0.717) is 18.4 Å². The lowest BCUT2D eigenvalue weighted by Crippen LogP contribution is -2.40. The number of aryl methyl sites for hydroxylation is 1. The van der Waals surface area contributed by atoms with Gasteiger partial charge in [0, 0.05) is 17.4 Å². The van der Waals surface area contributed by atoms with E-state index in [1.807, 2.05) is 0 Å². The molecule has 0 saturated heterocycles. The molecule has 20 heavy (non-hydrogen) atoms. The van der Waals surface area contributed by atoms with Crippen LogP contribution in [0.1, 0.15) is 30.0 Å². The predicted octanol–water partition coefficient (Wildman–Crippen LogP) is 4.23. The van der Waals surface area contributed by atoms with Gasteiger partial charge in [-0.2, -0.15) is 13.2 Å². The lowest BCUT2D eigenvalue weighted by atomic mass is 9.99. The number of hydrogen-bond acceptors (Lipinski definition) is 1. The lowest BCUT2D eigenvalue weighted by Gasteiger charge is -2.31. The van der Waals surface area contributed by atoms with E-state index in [2.05, 4.69) is 15.9 Å². The Morgan fingerprint density at radius 2 is 2.00 bits per heavy atom. The van der Waals surface area contributed by atoms with Gasteiger partial charge in [-0.05, 0) is 43.0 Å². The van der Waals surface area contributed by atoms with Crippen molar-refractivity contribution in [2.75, 3.05) is 7.05 Å². The monoisotopic (exact) mass is 349 g/mol. The van der Waals surface area contributed by atoms with E-state index in [0.717, 1.165) is 9.37 Å². The summed E-state index contributed by atoms with van der Waals surface area (Å²) in [4.78, 5) is 12.8. The van der Waals surface area contributed by atoms with Gasteiger partial charge in [-0.25, -0.2) is 0 Å². The summed E-state index contributed by atoms with van der Waals surface area (Å²) in [7, 11) is 1.24. The van der Waals surface area contributed by atoms with Crippen LogP contribution in [0.3, 0.4) is 0 Å². The number of benzene rings is 1. The molecule has 1 aromatic rings. The SMILES string of the molecule is Cc1cc(Br)ccc1[C@H](N(C)C(=O)C1CC1)C(F)(F)F. The van der Waals surface area contributed by atoms with E-state index < -0.39 is 18.1 Å². The average Bonchev–Trinajstić information content (AvgIpc) is 3.13. The van der Waals surface area contributed by atoms with Crippen molar-refractivity contribution in [3.05, 3.63) is 33.8 Å². The van der Waals surface area contributed by atoms with Gasteiger partial charge >= 0.3 is 6.18 Å². The molecular formula is C14H15BrF3NO. The molecule has 0 spiro atoms. The molecule has 0 heterocycles. The molecule has 1 aliphatic rings. The van der Waals surface area contributed by atoms with Crippen LogP contribution >= 0.6 is 15.9 Å². The first-order valence-electron chi connectivity index (χ1n) is 6.31. The summed E-state index contributed by atoms with van der Waals surface area (Å²) in [5.74, 6) is -0.657. The summed E-state index contributed by atoms with van der Waals surface area (Å²) in [6, 6.07) is 2.73. The lowest BCUT2D eigenvalue weighted by molar-refractivity contribution is -0.189. The van der Waals surface area contributed by atoms with Crippen molar-refractivity contribution >= 4 is 21.8 Å². The molecule has 2 nitrogen and oxygen atoms in total. The summed E-state index contributed by atoms with van der Waals surface area (Å²) in [6.07, 6.45) is -3.11. The highest BCUT2D eigenvalue weighted by molar-refractivity contribution is 9.10. The van der Waals surface area contributed by atoms with Crippen molar-refractivity contribution in [2.24, 2.45) is 5.92 Å². The highest BCUT2D eigenvalue weighted by Gasteiger charge is 2.47. The summed E-state index contributed by atoms with van der Waals surface area (Å²) >= 11 is 3.23. The third-order valence-corrected chi connectivity index (χ3v) is 3.99. The van der Waals surface area contributed by atoms with Crippen LogP contribution in [0.25, 0.3) is 0 Å². The molecule has 110 valence electrons. The molecule has 0 bridgehead atoms. The molecule has 1 amide bonds. The van der Waals surface area contributed by atoms with Crippen molar-refractivity contribution in [2.45, 2.75) is 32.0 Å². The van der Waals surface area contributed by atoms with E-state index in [9.17, 15) is 18.0 Å². The Bertz CT molecular complexity index is 526. The van der Waals surface area contributed by atoms with E-state index in [4.69, 9.17) is 0 Å². The Labute approximate surface area is 124 Å². The molecular weight excluding hydrogens is 335 g/mol. The van der Waals surface area contributed by atoms with E-state index in [-0.39, 0.29) is 11.5 Å². The predicted molar refractivity (Wildman–Crippen MR) is 73.2 cm³/mol. The molecule has 2 rings (SSSR count). The second-order valence-corrected chi connectivity index (χ2v) is 6.08. The Balaban J connectivity index is 2.39. The molecule has 1 aromatic carbocycles. The summed E-state index contributed by atoms with van der Waals surface area (Å²) in [5, 5.41) is 0. The van der Waals surface area contributed by atoms with Crippen LogP contribution in [0, 0.1) is 12.8 Å². The Morgan fingerprint density at radius 3 is 2.45 bits per heavy atom. The molecule has 6 heteroatoms. The molecule has 1 saturated carbocycles. The first-order chi connectivity index (χ1) is 9.21. The zero-order valence-electron chi connectivity index (χ0n) is 11.2. The largest absolute Gasteiger partial charge is 0.413 e. The maximum Gasteiger partial charge on any atom is 0.413 e. The van der Waals surface area contributed by atoms with Crippen LogP contribution in [-0.2, 0) is 4.79 Å². The minimum Gasteiger partial charge on any atom is -0.330 e. The van der Waals surface area contributed by atoms with Crippen molar-refractivity contribution in [1.29, 1.82) is 0 Å². The molecule has 0 N–H and O–H groups in total. The van der Waals surface area contributed by atoms with Crippen LogP contribution in [0.4, 0.5) is 13.2 Å². The second-order valence-electron chi connectivity index (χ2n) is 5.17. The fraction of sp³-hybridized carbons (Fsp3) is 0.500. The number of nitrogens with zero attached hydrogens (tertiary/aromatic N) is 1. The topological polar surface area (TPSA) is 20.3 Å². The highest BCUT2D eigenvalue weighted by atomic mass is 79.9. The van der Waals surface area contributed by atoms with E-state index in [1.54, 1.807) is 19.1 Å². The summed E-state index contributed by atoms with van der Waals surface area (Å²) in [5.41, 5.74) is 0.634. The third-order valence-electron chi connectivity index (χ3n) is 3.50. The van der Waals surface area contributed by atoms with Gasteiger partial charge < -0.3 is 4.90 Å². The summed E-state index contributed by atoms with van der Waals surface area (Å²) < 4.78 is 40.8. The van der Waals surface area contributed by atoms with Crippen LogP contribution in [0.5, 0.6) is 0 Å². The minimum absolute atomic E-state index is 0.122. The van der Waals surface area contributed by atoms with Gasteiger partial charge in [-0.15, -0.1) is 0 Å². The van der Waals surface area contributed by atoms with Crippen molar-refractivity contribution in [3.63, 3.8) is 0 Å². The van der Waals surface area contributed by atoms with Crippen molar-refractivity contribution < 1.29 is 18.0 Å².